The summed E-state index contributed by atoms with van der Waals surface area (Å²) >= 11 is 0. The van der Waals surface area contributed by atoms with E-state index in [9.17, 15) is 10.1 Å². The standard InChI is InChI=1S/C13H17N3O3/c1-10(8-13(2,9-14)15-3)19-12-6-4-5-11(7-12)16(17)18/h4-7,10,15H,8H2,1-3H3. The fourth-order valence-corrected chi connectivity index (χ4v) is 1.72. The Kier molecular flexibility index (Phi) is 4.84. The average molecular weight is 263 g/mol. The van der Waals surface area contributed by atoms with Crippen molar-refractivity contribution in [1.29, 1.82) is 5.26 Å². The molecule has 0 saturated carbocycles. The lowest BCUT2D eigenvalue weighted by Crippen LogP contribution is -2.41. The molecule has 1 aromatic rings. The Labute approximate surface area is 112 Å². The van der Waals surface area contributed by atoms with E-state index in [4.69, 9.17) is 10.00 Å². The van der Waals surface area contributed by atoms with Crippen LogP contribution in [0.25, 0.3) is 0 Å². The molecule has 102 valence electrons. The summed E-state index contributed by atoms with van der Waals surface area (Å²) in [6, 6.07) is 8.19. The van der Waals surface area contributed by atoms with Crippen LogP contribution in [0.4, 0.5) is 5.69 Å². The predicted molar refractivity (Wildman–Crippen MR) is 70.9 cm³/mol. The fourth-order valence-electron chi connectivity index (χ4n) is 1.72. The number of hydrogen-bond donors (Lipinski definition) is 1. The van der Waals surface area contributed by atoms with Crippen molar-refractivity contribution in [2.75, 3.05) is 7.05 Å². The van der Waals surface area contributed by atoms with Crippen LogP contribution in [0.15, 0.2) is 24.3 Å². The second kappa shape index (κ2) is 6.16. The van der Waals surface area contributed by atoms with E-state index >= 15 is 0 Å². The van der Waals surface area contributed by atoms with E-state index in [-0.39, 0.29) is 11.8 Å². The van der Waals surface area contributed by atoms with Crippen molar-refractivity contribution in [2.45, 2.75) is 31.9 Å². The van der Waals surface area contributed by atoms with Gasteiger partial charge in [-0.15, -0.1) is 0 Å². The van der Waals surface area contributed by atoms with Crippen LogP contribution < -0.4 is 10.1 Å². The zero-order valence-electron chi connectivity index (χ0n) is 11.2. The van der Waals surface area contributed by atoms with Gasteiger partial charge in [0.2, 0.25) is 0 Å². The van der Waals surface area contributed by atoms with E-state index in [1.807, 2.05) is 6.92 Å². The average Bonchev–Trinajstić information content (AvgIpc) is 2.38. The van der Waals surface area contributed by atoms with Gasteiger partial charge < -0.3 is 10.1 Å². The minimum Gasteiger partial charge on any atom is -0.490 e. The lowest BCUT2D eigenvalue weighted by molar-refractivity contribution is -0.384. The molecule has 1 rings (SSSR count). The lowest BCUT2D eigenvalue weighted by Gasteiger charge is -2.25. The molecule has 2 atom stereocenters. The number of ether oxygens (including phenoxy) is 1. The molecule has 0 radical (unpaired) electrons. The zero-order chi connectivity index (χ0) is 14.5. The van der Waals surface area contributed by atoms with Crippen LogP contribution in [0.3, 0.4) is 0 Å². The van der Waals surface area contributed by atoms with E-state index in [1.165, 1.54) is 12.1 Å². The number of nitrogens with one attached hydrogen (secondary N) is 1. The summed E-state index contributed by atoms with van der Waals surface area (Å²) in [6.07, 6.45) is 0.238. The zero-order valence-corrected chi connectivity index (χ0v) is 11.2. The lowest BCUT2D eigenvalue weighted by atomic mass is 9.97. The molecule has 0 bridgehead atoms. The normalized spacial score (nSPS) is 15.1. The monoisotopic (exact) mass is 263 g/mol. The van der Waals surface area contributed by atoms with Crippen LogP contribution in [0.1, 0.15) is 20.3 Å². The second-order valence-electron chi connectivity index (χ2n) is 4.58. The molecule has 0 aliphatic heterocycles. The van der Waals surface area contributed by atoms with Gasteiger partial charge in [-0.2, -0.15) is 5.26 Å². The largest absolute Gasteiger partial charge is 0.490 e. The molecule has 0 aliphatic carbocycles. The van der Waals surface area contributed by atoms with Gasteiger partial charge in [0.05, 0.1) is 23.2 Å². The number of nitro benzene ring substituents is 1. The number of hydrogen-bond acceptors (Lipinski definition) is 5. The molecule has 0 aromatic heterocycles. The van der Waals surface area contributed by atoms with Gasteiger partial charge in [-0.25, -0.2) is 0 Å². The maximum Gasteiger partial charge on any atom is 0.273 e. The molecule has 1 N–H and O–H groups in total. The first-order valence-electron chi connectivity index (χ1n) is 5.91. The van der Waals surface area contributed by atoms with Gasteiger partial charge in [0.1, 0.15) is 11.3 Å². The highest BCUT2D eigenvalue weighted by atomic mass is 16.6. The van der Waals surface area contributed by atoms with Gasteiger partial charge in [0.15, 0.2) is 0 Å². The molecule has 0 fully saturated rings. The van der Waals surface area contributed by atoms with Crippen molar-refractivity contribution < 1.29 is 9.66 Å². The van der Waals surface area contributed by atoms with E-state index in [2.05, 4.69) is 11.4 Å². The minimum absolute atomic E-state index is 0.0126. The SMILES string of the molecule is CNC(C)(C#N)CC(C)Oc1cccc([N+](=O)[O-])c1. The molecular formula is C13H17N3O3. The molecule has 0 aliphatic rings. The summed E-state index contributed by atoms with van der Waals surface area (Å²) in [7, 11) is 1.71. The molecular weight excluding hydrogens is 246 g/mol. The predicted octanol–water partition coefficient (Wildman–Crippen LogP) is 2.25. The maximum absolute atomic E-state index is 10.7. The molecule has 6 heteroatoms. The van der Waals surface area contributed by atoms with Gasteiger partial charge in [0, 0.05) is 12.5 Å². The van der Waals surface area contributed by atoms with E-state index in [1.54, 1.807) is 26.1 Å². The molecule has 1 aromatic carbocycles. The van der Waals surface area contributed by atoms with E-state index in [0.717, 1.165) is 0 Å². The summed E-state index contributed by atoms with van der Waals surface area (Å²) in [5, 5.41) is 22.6. The first-order valence-corrected chi connectivity index (χ1v) is 5.91. The second-order valence-corrected chi connectivity index (χ2v) is 4.58. The molecule has 6 nitrogen and oxygen atoms in total. The highest BCUT2D eigenvalue weighted by molar-refractivity contribution is 5.38. The molecule has 0 heterocycles. The van der Waals surface area contributed by atoms with Crippen LogP contribution >= 0.6 is 0 Å². The third kappa shape index (κ3) is 4.23. The first-order chi connectivity index (χ1) is 8.90. The Balaban J connectivity index is 2.72. The van der Waals surface area contributed by atoms with Crippen molar-refractivity contribution in [3.8, 4) is 11.8 Å². The van der Waals surface area contributed by atoms with Crippen LogP contribution in [0, 0.1) is 21.4 Å². The third-order valence-electron chi connectivity index (χ3n) is 2.86. The highest BCUT2D eigenvalue weighted by Gasteiger charge is 2.25. The van der Waals surface area contributed by atoms with Gasteiger partial charge in [-0.3, -0.25) is 10.1 Å². The fraction of sp³-hybridized carbons (Fsp3) is 0.462. The number of nitrogens with zero attached hydrogens (tertiary/aromatic N) is 2. The molecule has 2 unspecified atom stereocenters. The molecule has 0 amide bonds. The Morgan fingerprint density at radius 3 is 2.84 bits per heavy atom. The summed E-state index contributed by atoms with van der Waals surface area (Å²) in [5.74, 6) is 0.429. The highest BCUT2D eigenvalue weighted by Crippen LogP contribution is 2.22. The Bertz CT molecular complexity index is 498. The molecule has 0 spiro atoms. The summed E-state index contributed by atoms with van der Waals surface area (Å²) in [4.78, 5) is 10.2. The van der Waals surface area contributed by atoms with Crippen LogP contribution in [0.5, 0.6) is 5.75 Å². The van der Waals surface area contributed by atoms with Crippen molar-refractivity contribution in [3.63, 3.8) is 0 Å². The van der Waals surface area contributed by atoms with Crippen molar-refractivity contribution in [2.24, 2.45) is 0 Å². The number of non-ortho nitro benzene ring substituents is 1. The van der Waals surface area contributed by atoms with Crippen LogP contribution in [-0.4, -0.2) is 23.6 Å². The van der Waals surface area contributed by atoms with Crippen LogP contribution in [0.2, 0.25) is 0 Å². The smallest absolute Gasteiger partial charge is 0.273 e. The molecule has 0 saturated heterocycles. The Morgan fingerprint density at radius 2 is 2.32 bits per heavy atom. The number of rotatable bonds is 6. The molecule has 19 heavy (non-hydrogen) atoms. The Hall–Kier alpha value is -2.13. The number of nitriles is 1. The summed E-state index contributed by atoms with van der Waals surface area (Å²) in [5.41, 5.74) is -0.693. The number of benzene rings is 1. The topological polar surface area (TPSA) is 88.2 Å². The minimum atomic E-state index is -0.680. The first kappa shape index (κ1) is 14.9. The Morgan fingerprint density at radius 1 is 1.63 bits per heavy atom. The van der Waals surface area contributed by atoms with E-state index in [0.29, 0.717) is 12.2 Å². The van der Waals surface area contributed by atoms with Gasteiger partial charge >= 0.3 is 0 Å². The number of nitro groups is 1. The van der Waals surface area contributed by atoms with Crippen molar-refractivity contribution >= 4 is 5.69 Å². The maximum atomic E-state index is 10.7. The van der Waals surface area contributed by atoms with Gasteiger partial charge in [-0.05, 0) is 27.0 Å². The van der Waals surface area contributed by atoms with E-state index < -0.39 is 10.5 Å². The summed E-state index contributed by atoms with van der Waals surface area (Å²) < 4.78 is 5.61. The third-order valence-corrected chi connectivity index (χ3v) is 2.86. The summed E-state index contributed by atoms with van der Waals surface area (Å²) in [6.45, 7) is 3.60. The van der Waals surface area contributed by atoms with Gasteiger partial charge in [0.25, 0.3) is 5.69 Å². The van der Waals surface area contributed by atoms with Crippen molar-refractivity contribution in [3.05, 3.63) is 34.4 Å². The van der Waals surface area contributed by atoms with Crippen molar-refractivity contribution in [1.82, 2.24) is 5.32 Å². The van der Waals surface area contributed by atoms with Crippen LogP contribution in [-0.2, 0) is 0 Å². The quantitative estimate of drug-likeness (QED) is 0.628. The van der Waals surface area contributed by atoms with Gasteiger partial charge in [-0.1, -0.05) is 6.07 Å².